The van der Waals surface area contributed by atoms with Crippen LogP contribution in [0.25, 0.3) is 0 Å². The first-order valence-electron chi connectivity index (χ1n) is 9.17. The second kappa shape index (κ2) is 6.67. The number of benzene rings is 1. The second-order valence-corrected chi connectivity index (χ2v) is 7.93. The zero-order chi connectivity index (χ0) is 18.3. The van der Waals surface area contributed by atoms with Crippen molar-refractivity contribution < 1.29 is 4.79 Å². The van der Waals surface area contributed by atoms with Crippen LogP contribution in [-0.4, -0.2) is 38.2 Å². The molecule has 2 heterocycles. The van der Waals surface area contributed by atoms with Crippen LogP contribution in [0.3, 0.4) is 0 Å². The molecular formula is C19H24ClN5O. The molecule has 1 aromatic carbocycles. The second-order valence-electron chi connectivity index (χ2n) is 7.50. The van der Waals surface area contributed by atoms with Crippen molar-refractivity contribution in [3.63, 3.8) is 0 Å². The zero-order valence-electron chi connectivity index (χ0n) is 15.0. The van der Waals surface area contributed by atoms with E-state index in [4.69, 9.17) is 17.3 Å². The number of fused-ring (bicyclic) bond motifs is 1. The highest BCUT2D eigenvalue weighted by atomic mass is 35.5. The number of halogens is 1. The molecule has 26 heavy (non-hydrogen) atoms. The Morgan fingerprint density at radius 2 is 2.04 bits per heavy atom. The van der Waals surface area contributed by atoms with E-state index in [2.05, 4.69) is 16.3 Å². The Labute approximate surface area is 158 Å². The zero-order valence-corrected chi connectivity index (χ0v) is 15.7. The molecule has 2 aliphatic rings. The summed E-state index contributed by atoms with van der Waals surface area (Å²) in [5.74, 6) is 1.85. The quantitative estimate of drug-likeness (QED) is 0.896. The summed E-state index contributed by atoms with van der Waals surface area (Å²) < 4.78 is 1.91. The maximum atomic E-state index is 12.7. The fourth-order valence-corrected chi connectivity index (χ4v) is 4.63. The van der Waals surface area contributed by atoms with Crippen LogP contribution in [-0.2, 0) is 23.3 Å². The van der Waals surface area contributed by atoms with Crippen molar-refractivity contribution in [3.8, 4) is 0 Å². The summed E-state index contributed by atoms with van der Waals surface area (Å²) in [6.07, 6.45) is 3.82. The summed E-state index contributed by atoms with van der Waals surface area (Å²) in [4.78, 5) is 14.6. The van der Waals surface area contributed by atoms with Gasteiger partial charge in [0, 0.05) is 23.0 Å². The van der Waals surface area contributed by atoms with E-state index in [0.717, 1.165) is 42.4 Å². The third kappa shape index (κ3) is 2.91. The molecule has 0 bridgehead atoms. The van der Waals surface area contributed by atoms with Gasteiger partial charge in [-0.3, -0.25) is 4.79 Å². The van der Waals surface area contributed by atoms with Crippen molar-refractivity contribution >= 4 is 17.5 Å². The van der Waals surface area contributed by atoms with Crippen LogP contribution in [0.2, 0.25) is 5.02 Å². The molecule has 1 aliphatic carbocycles. The van der Waals surface area contributed by atoms with E-state index < -0.39 is 0 Å². The molecule has 1 amide bonds. The largest absolute Gasteiger partial charge is 0.331 e. The van der Waals surface area contributed by atoms with Crippen molar-refractivity contribution in [1.82, 2.24) is 19.7 Å². The Kier molecular flexibility index (Phi) is 4.49. The number of aryl methyl sites for hydroxylation is 1. The lowest BCUT2D eigenvalue weighted by atomic mass is 9.68. The summed E-state index contributed by atoms with van der Waals surface area (Å²) in [5.41, 5.74) is 7.36. The van der Waals surface area contributed by atoms with E-state index in [-0.39, 0.29) is 17.4 Å². The topological polar surface area (TPSA) is 77.0 Å². The van der Waals surface area contributed by atoms with Gasteiger partial charge in [0.15, 0.2) is 5.82 Å². The average molecular weight is 374 g/mol. The summed E-state index contributed by atoms with van der Waals surface area (Å²) >= 11 is 6.19. The van der Waals surface area contributed by atoms with Gasteiger partial charge in [-0.2, -0.15) is 0 Å². The Morgan fingerprint density at radius 3 is 2.73 bits per heavy atom. The third-order valence-electron chi connectivity index (χ3n) is 6.12. The molecule has 0 radical (unpaired) electrons. The summed E-state index contributed by atoms with van der Waals surface area (Å²) in [7, 11) is 0. The first kappa shape index (κ1) is 17.5. The number of nitrogens with two attached hydrogens (primary N) is 1. The van der Waals surface area contributed by atoms with Crippen LogP contribution in [0.5, 0.6) is 0 Å². The number of rotatable bonds is 3. The molecule has 0 atom stereocenters. The van der Waals surface area contributed by atoms with Gasteiger partial charge in [0.1, 0.15) is 12.4 Å². The Balaban J connectivity index is 1.50. The summed E-state index contributed by atoms with van der Waals surface area (Å²) in [6.45, 7) is 3.39. The number of amides is 1. The van der Waals surface area contributed by atoms with E-state index in [9.17, 15) is 4.79 Å². The van der Waals surface area contributed by atoms with Crippen molar-refractivity contribution in [2.45, 2.75) is 57.2 Å². The number of carbonyl (C=O) groups excluding carboxylic acids is 1. The minimum Gasteiger partial charge on any atom is -0.331 e. The van der Waals surface area contributed by atoms with Gasteiger partial charge >= 0.3 is 0 Å². The van der Waals surface area contributed by atoms with Gasteiger partial charge in [-0.1, -0.05) is 23.7 Å². The Hall–Kier alpha value is -1.92. The molecule has 0 spiro atoms. The smallest absolute Gasteiger partial charge is 0.243 e. The maximum Gasteiger partial charge on any atom is 0.243 e. The highest BCUT2D eigenvalue weighted by Gasteiger charge is 2.40. The molecule has 4 rings (SSSR count). The van der Waals surface area contributed by atoms with Crippen molar-refractivity contribution in [3.05, 3.63) is 46.5 Å². The lowest BCUT2D eigenvalue weighted by Gasteiger charge is -2.44. The number of carbonyl (C=O) groups is 1. The predicted molar refractivity (Wildman–Crippen MR) is 99.7 cm³/mol. The fourth-order valence-electron chi connectivity index (χ4n) is 4.44. The van der Waals surface area contributed by atoms with Gasteiger partial charge in [0.2, 0.25) is 5.91 Å². The van der Waals surface area contributed by atoms with Gasteiger partial charge in [-0.15, -0.1) is 10.2 Å². The monoisotopic (exact) mass is 373 g/mol. The van der Waals surface area contributed by atoms with E-state index in [1.807, 2.05) is 34.6 Å². The molecule has 2 N–H and O–H groups in total. The maximum absolute atomic E-state index is 12.7. The first-order valence-corrected chi connectivity index (χ1v) is 9.54. The van der Waals surface area contributed by atoms with Crippen molar-refractivity contribution in [2.75, 3.05) is 6.54 Å². The Bertz CT molecular complexity index is 825. The number of hydrogen-bond acceptors (Lipinski definition) is 4. The number of aromatic nitrogens is 3. The molecular weight excluding hydrogens is 350 g/mol. The van der Waals surface area contributed by atoms with E-state index in [0.29, 0.717) is 19.6 Å². The molecule has 1 aromatic heterocycles. The SMILES string of the molecule is Cc1nnc2n1CC(=O)N([C@H]1CC[C@](CN)(c3cccc(Cl)c3)CC1)C2. The molecule has 1 saturated carbocycles. The minimum absolute atomic E-state index is 0.0448. The average Bonchev–Trinajstić information content (AvgIpc) is 3.01. The van der Waals surface area contributed by atoms with E-state index >= 15 is 0 Å². The lowest BCUT2D eigenvalue weighted by molar-refractivity contribution is -0.138. The molecule has 1 fully saturated rings. The van der Waals surface area contributed by atoms with Gasteiger partial charge in [-0.25, -0.2) is 0 Å². The molecule has 138 valence electrons. The highest BCUT2D eigenvalue weighted by Crippen LogP contribution is 2.41. The third-order valence-corrected chi connectivity index (χ3v) is 6.35. The van der Waals surface area contributed by atoms with Gasteiger partial charge in [0.25, 0.3) is 0 Å². The van der Waals surface area contributed by atoms with Crippen LogP contribution in [0.15, 0.2) is 24.3 Å². The van der Waals surface area contributed by atoms with Gasteiger partial charge in [-0.05, 0) is 50.3 Å². The first-order chi connectivity index (χ1) is 12.5. The minimum atomic E-state index is -0.0448. The fraction of sp³-hybridized carbons (Fsp3) is 0.526. The number of hydrogen-bond donors (Lipinski definition) is 1. The number of nitrogens with zero attached hydrogens (tertiary/aromatic N) is 4. The summed E-state index contributed by atoms with van der Waals surface area (Å²) in [5, 5.41) is 9.07. The normalized spacial score (nSPS) is 26.0. The van der Waals surface area contributed by atoms with Crippen molar-refractivity contribution in [2.24, 2.45) is 5.73 Å². The van der Waals surface area contributed by atoms with E-state index in [1.54, 1.807) is 0 Å². The van der Waals surface area contributed by atoms with Gasteiger partial charge in [0.05, 0.1) is 6.54 Å². The summed E-state index contributed by atoms with van der Waals surface area (Å²) in [6, 6.07) is 8.28. The molecule has 2 aromatic rings. The molecule has 1 aliphatic heterocycles. The van der Waals surface area contributed by atoms with Crippen LogP contribution >= 0.6 is 11.6 Å². The molecule has 0 unspecified atom stereocenters. The highest BCUT2D eigenvalue weighted by molar-refractivity contribution is 6.30. The van der Waals surface area contributed by atoms with Crippen LogP contribution in [0.1, 0.15) is 42.9 Å². The molecule has 0 saturated heterocycles. The standard InChI is InChI=1S/C19H24ClN5O/c1-13-22-23-17-10-25(18(26)11-24(13)17)16-5-7-19(12-21,8-6-16)14-3-2-4-15(20)9-14/h2-4,9,16H,5-8,10-12,21H2,1H3/t16-,19-. The Morgan fingerprint density at radius 1 is 1.27 bits per heavy atom. The van der Waals surface area contributed by atoms with Crippen LogP contribution in [0.4, 0.5) is 0 Å². The molecule has 6 nitrogen and oxygen atoms in total. The van der Waals surface area contributed by atoms with Crippen LogP contribution in [0, 0.1) is 6.92 Å². The van der Waals surface area contributed by atoms with Crippen LogP contribution < -0.4 is 5.73 Å². The van der Waals surface area contributed by atoms with Crippen molar-refractivity contribution in [1.29, 1.82) is 0 Å². The van der Waals surface area contributed by atoms with E-state index in [1.165, 1.54) is 5.56 Å². The van der Waals surface area contributed by atoms with Gasteiger partial charge < -0.3 is 15.2 Å². The molecule has 7 heteroatoms. The lowest BCUT2D eigenvalue weighted by Crippen LogP contribution is -2.50. The predicted octanol–water partition coefficient (Wildman–Crippen LogP) is 2.42.